The molecule has 0 saturated carbocycles. The second-order valence-electron chi connectivity index (χ2n) is 1.99. The lowest BCUT2D eigenvalue weighted by molar-refractivity contribution is 0.0866. The smallest absolute Gasteiger partial charge is 0.234 e. The molecular formula is C6H5ClF2O. The lowest BCUT2D eigenvalue weighted by Gasteiger charge is -2.21. The van der Waals surface area contributed by atoms with E-state index >= 15 is 0 Å². The largest absolute Gasteiger partial charge is 0.381 e. The molecule has 1 aliphatic rings. The summed E-state index contributed by atoms with van der Waals surface area (Å²) in [5, 5.41) is 6.22. The van der Waals surface area contributed by atoms with Crippen molar-refractivity contribution in [2.24, 2.45) is 0 Å². The Labute approximate surface area is 61.6 Å². The molecule has 10 heavy (non-hydrogen) atoms. The molecule has 1 rings (SSSR count). The third-order valence-corrected chi connectivity index (χ3v) is 1.53. The van der Waals surface area contributed by atoms with Crippen molar-refractivity contribution in [3.8, 4) is 0 Å². The Morgan fingerprint density at radius 2 is 2.30 bits per heavy atom. The SMILES string of the molecule is OC1C(F)=CC=CC1(F)Cl. The van der Waals surface area contributed by atoms with Crippen LogP contribution in [0.5, 0.6) is 0 Å². The lowest BCUT2D eigenvalue weighted by atomic mass is 10.1. The van der Waals surface area contributed by atoms with Gasteiger partial charge in [0.25, 0.3) is 0 Å². The van der Waals surface area contributed by atoms with Crippen LogP contribution in [0.4, 0.5) is 8.78 Å². The molecule has 0 aliphatic heterocycles. The zero-order chi connectivity index (χ0) is 7.78. The molecule has 0 heterocycles. The van der Waals surface area contributed by atoms with E-state index in [4.69, 9.17) is 16.7 Å². The Balaban J connectivity index is 2.89. The molecule has 0 radical (unpaired) electrons. The molecule has 0 amide bonds. The molecule has 2 unspecified atom stereocenters. The molecule has 4 heteroatoms. The van der Waals surface area contributed by atoms with E-state index in [2.05, 4.69) is 0 Å². The highest BCUT2D eigenvalue weighted by Gasteiger charge is 2.37. The number of aliphatic hydroxyl groups is 1. The summed E-state index contributed by atoms with van der Waals surface area (Å²) < 4.78 is 25.0. The average molecular weight is 167 g/mol. The maximum atomic E-state index is 12.7. The zero-order valence-electron chi connectivity index (χ0n) is 4.89. The van der Waals surface area contributed by atoms with Crippen LogP contribution in [0, 0.1) is 0 Å². The number of halogens is 3. The first-order valence-electron chi connectivity index (χ1n) is 2.65. The van der Waals surface area contributed by atoms with Gasteiger partial charge in [-0.2, -0.15) is 0 Å². The fourth-order valence-corrected chi connectivity index (χ4v) is 0.811. The molecule has 0 bridgehead atoms. The molecule has 0 aromatic carbocycles. The van der Waals surface area contributed by atoms with E-state index in [1.807, 2.05) is 0 Å². The Bertz CT molecular complexity index is 198. The predicted molar refractivity (Wildman–Crippen MR) is 34.0 cm³/mol. The fourth-order valence-electron chi connectivity index (χ4n) is 0.634. The van der Waals surface area contributed by atoms with Crippen molar-refractivity contribution >= 4 is 11.6 Å². The van der Waals surface area contributed by atoms with Crippen molar-refractivity contribution in [2.75, 3.05) is 0 Å². The Kier molecular flexibility index (Phi) is 1.79. The van der Waals surface area contributed by atoms with Crippen molar-refractivity contribution in [1.82, 2.24) is 0 Å². The van der Waals surface area contributed by atoms with Crippen LogP contribution < -0.4 is 0 Å². The van der Waals surface area contributed by atoms with Crippen LogP contribution in [-0.4, -0.2) is 16.3 Å². The summed E-state index contributed by atoms with van der Waals surface area (Å²) in [5.41, 5.74) is 0. The van der Waals surface area contributed by atoms with Gasteiger partial charge in [0.1, 0.15) is 5.83 Å². The maximum absolute atomic E-state index is 12.7. The second-order valence-corrected chi connectivity index (χ2v) is 2.57. The predicted octanol–water partition coefficient (Wildman–Crippen LogP) is 1.68. The molecular weight excluding hydrogens is 162 g/mol. The topological polar surface area (TPSA) is 20.2 Å². The van der Waals surface area contributed by atoms with Crippen LogP contribution in [0.25, 0.3) is 0 Å². The summed E-state index contributed by atoms with van der Waals surface area (Å²) in [7, 11) is 0. The molecule has 1 aliphatic carbocycles. The van der Waals surface area contributed by atoms with Crippen molar-refractivity contribution in [3.05, 3.63) is 24.1 Å². The molecule has 0 fully saturated rings. The van der Waals surface area contributed by atoms with Crippen molar-refractivity contribution in [1.29, 1.82) is 0 Å². The quantitative estimate of drug-likeness (QED) is 0.543. The highest BCUT2D eigenvalue weighted by Crippen LogP contribution is 2.31. The van der Waals surface area contributed by atoms with Gasteiger partial charge < -0.3 is 5.11 Å². The minimum Gasteiger partial charge on any atom is -0.381 e. The summed E-state index contributed by atoms with van der Waals surface area (Å²) in [4.78, 5) is 0. The highest BCUT2D eigenvalue weighted by molar-refractivity contribution is 6.24. The monoisotopic (exact) mass is 166 g/mol. The number of alkyl halides is 2. The molecule has 0 saturated heterocycles. The van der Waals surface area contributed by atoms with Crippen LogP contribution in [0.2, 0.25) is 0 Å². The Morgan fingerprint density at radius 3 is 2.70 bits per heavy atom. The van der Waals surface area contributed by atoms with E-state index in [1.165, 1.54) is 0 Å². The van der Waals surface area contributed by atoms with Crippen LogP contribution in [-0.2, 0) is 0 Å². The number of aliphatic hydroxyl groups excluding tert-OH is 1. The number of hydrogen-bond donors (Lipinski definition) is 1. The van der Waals surface area contributed by atoms with Crippen molar-refractivity contribution in [3.63, 3.8) is 0 Å². The van der Waals surface area contributed by atoms with Crippen LogP contribution in [0.3, 0.4) is 0 Å². The normalized spacial score (nSPS) is 39.6. The highest BCUT2D eigenvalue weighted by atomic mass is 35.5. The Morgan fingerprint density at radius 1 is 1.70 bits per heavy atom. The third-order valence-electron chi connectivity index (χ3n) is 1.20. The van der Waals surface area contributed by atoms with Crippen molar-refractivity contribution < 1.29 is 13.9 Å². The molecule has 1 N–H and O–H groups in total. The van der Waals surface area contributed by atoms with Gasteiger partial charge in [0.05, 0.1) is 0 Å². The molecule has 1 nitrogen and oxygen atoms in total. The standard InChI is InChI=1S/C6H5ClF2O/c7-6(9)3-1-2-4(8)5(6)10/h1-3,5,10H. The van der Waals surface area contributed by atoms with E-state index in [9.17, 15) is 8.78 Å². The summed E-state index contributed by atoms with van der Waals surface area (Å²) in [5.74, 6) is -0.958. The molecule has 2 atom stereocenters. The lowest BCUT2D eigenvalue weighted by Crippen LogP contribution is -2.32. The first kappa shape index (κ1) is 7.69. The van der Waals surface area contributed by atoms with Gasteiger partial charge in [-0.15, -0.1) is 0 Å². The summed E-state index contributed by atoms with van der Waals surface area (Å²) in [6.07, 6.45) is 1.10. The fraction of sp³-hybridized carbons (Fsp3) is 0.333. The summed E-state index contributed by atoms with van der Waals surface area (Å²) >= 11 is 5.03. The van der Waals surface area contributed by atoms with Gasteiger partial charge in [0.15, 0.2) is 6.10 Å². The van der Waals surface area contributed by atoms with Crippen LogP contribution in [0.15, 0.2) is 24.1 Å². The van der Waals surface area contributed by atoms with Crippen molar-refractivity contribution in [2.45, 2.75) is 11.2 Å². The van der Waals surface area contributed by atoms with Gasteiger partial charge >= 0.3 is 0 Å². The van der Waals surface area contributed by atoms with Crippen LogP contribution >= 0.6 is 11.6 Å². The summed E-state index contributed by atoms with van der Waals surface area (Å²) in [6.45, 7) is 0. The Hall–Kier alpha value is -0.410. The van der Waals surface area contributed by atoms with E-state index in [0.29, 0.717) is 0 Å². The minimum atomic E-state index is -2.49. The van der Waals surface area contributed by atoms with Gasteiger partial charge in [-0.1, -0.05) is 17.7 Å². The third kappa shape index (κ3) is 1.20. The van der Waals surface area contributed by atoms with Gasteiger partial charge in [0, 0.05) is 0 Å². The van der Waals surface area contributed by atoms with E-state index < -0.39 is 17.1 Å². The maximum Gasteiger partial charge on any atom is 0.234 e. The summed E-state index contributed by atoms with van der Waals surface area (Å²) in [6, 6.07) is 0. The van der Waals surface area contributed by atoms with Gasteiger partial charge in [-0.3, -0.25) is 0 Å². The van der Waals surface area contributed by atoms with Gasteiger partial charge in [-0.05, 0) is 12.2 Å². The van der Waals surface area contributed by atoms with E-state index in [1.54, 1.807) is 0 Å². The van der Waals surface area contributed by atoms with Gasteiger partial charge in [0.2, 0.25) is 5.13 Å². The average Bonchev–Trinajstić information content (AvgIpc) is 1.83. The van der Waals surface area contributed by atoms with Crippen LogP contribution in [0.1, 0.15) is 0 Å². The zero-order valence-corrected chi connectivity index (χ0v) is 5.65. The molecule has 0 aromatic rings. The first-order chi connectivity index (χ1) is 4.54. The molecule has 56 valence electrons. The van der Waals surface area contributed by atoms with Gasteiger partial charge in [-0.25, -0.2) is 8.78 Å². The van der Waals surface area contributed by atoms with E-state index in [-0.39, 0.29) is 0 Å². The first-order valence-corrected chi connectivity index (χ1v) is 3.02. The second kappa shape index (κ2) is 2.32. The minimum absolute atomic E-state index is 0.891. The number of allylic oxidation sites excluding steroid dienone is 2. The molecule has 0 spiro atoms. The van der Waals surface area contributed by atoms with E-state index in [0.717, 1.165) is 18.2 Å². The number of hydrogen-bond acceptors (Lipinski definition) is 1. The molecule has 0 aromatic heterocycles. The number of rotatable bonds is 0.